The van der Waals surface area contributed by atoms with Gasteiger partial charge in [0.05, 0.1) is 39.6 Å². The van der Waals surface area contributed by atoms with Crippen molar-refractivity contribution in [2.45, 2.75) is 0 Å². The fourth-order valence-electron chi connectivity index (χ4n) is 1.68. The highest BCUT2D eigenvalue weighted by atomic mass is 127. The molecule has 0 saturated heterocycles. The number of fused-ring (bicyclic) bond motifs is 1. The number of rotatable bonds is 0. The van der Waals surface area contributed by atoms with E-state index in [0.29, 0.717) is 52.9 Å². The van der Waals surface area contributed by atoms with E-state index < -0.39 is 0 Å². The topological polar surface area (TPSA) is 46.2 Å². The van der Waals surface area contributed by atoms with Crippen LogP contribution in [0.15, 0.2) is 18.2 Å². The molecule has 2 rings (SSSR count). The van der Waals surface area contributed by atoms with Crippen molar-refractivity contribution in [2.24, 2.45) is 0 Å². The van der Waals surface area contributed by atoms with E-state index in [0.717, 1.165) is 15.1 Å². The van der Waals surface area contributed by atoms with Gasteiger partial charge < -0.3 is 23.7 Å². The standard InChI is InChI=1S/C14H19IO5/c15-12-1-2-13-14(11-12)20-10-8-18-6-4-16-3-5-17-7-9-19-13/h1-2,11H,3-10H2. The van der Waals surface area contributed by atoms with Crippen molar-refractivity contribution < 1.29 is 23.7 Å². The summed E-state index contributed by atoms with van der Waals surface area (Å²) in [6.07, 6.45) is 0. The molecule has 1 aliphatic heterocycles. The van der Waals surface area contributed by atoms with Gasteiger partial charge in [-0.2, -0.15) is 0 Å². The Hall–Kier alpha value is -0.570. The van der Waals surface area contributed by atoms with E-state index in [1.807, 2.05) is 18.2 Å². The SMILES string of the molecule is Ic1ccc2c(c1)OCCOCCOCCOCCO2. The van der Waals surface area contributed by atoms with Gasteiger partial charge in [0.2, 0.25) is 0 Å². The maximum atomic E-state index is 5.71. The fourth-order valence-corrected chi connectivity index (χ4v) is 2.14. The first-order valence-electron chi connectivity index (χ1n) is 6.64. The van der Waals surface area contributed by atoms with Crippen molar-refractivity contribution in [1.29, 1.82) is 0 Å². The van der Waals surface area contributed by atoms with Gasteiger partial charge in [0.25, 0.3) is 0 Å². The van der Waals surface area contributed by atoms with E-state index >= 15 is 0 Å². The molecular formula is C14H19IO5. The van der Waals surface area contributed by atoms with Crippen molar-refractivity contribution in [3.63, 3.8) is 0 Å². The zero-order valence-corrected chi connectivity index (χ0v) is 13.5. The average Bonchev–Trinajstić information content (AvgIpc) is 2.45. The van der Waals surface area contributed by atoms with Gasteiger partial charge >= 0.3 is 0 Å². The Kier molecular flexibility index (Phi) is 7.42. The first kappa shape index (κ1) is 15.8. The van der Waals surface area contributed by atoms with E-state index in [4.69, 9.17) is 23.7 Å². The molecule has 5 nitrogen and oxygen atoms in total. The Bertz CT molecular complexity index is 399. The molecule has 0 N–H and O–H groups in total. The molecule has 0 saturated carbocycles. The fraction of sp³-hybridized carbons (Fsp3) is 0.571. The van der Waals surface area contributed by atoms with Gasteiger partial charge in [-0.1, -0.05) is 0 Å². The molecule has 0 aromatic heterocycles. The molecule has 0 fully saturated rings. The molecule has 6 heteroatoms. The molecule has 1 aromatic carbocycles. The van der Waals surface area contributed by atoms with Crippen LogP contribution in [0.5, 0.6) is 11.5 Å². The molecule has 0 radical (unpaired) electrons. The maximum Gasteiger partial charge on any atom is 0.162 e. The molecule has 0 bridgehead atoms. The first-order chi connectivity index (χ1) is 9.86. The van der Waals surface area contributed by atoms with E-state index in [1.165, 1.54) is 0 Å². The Morgan fingerprint density at radius 1 is 0.650 bits per heavy atom. The Morgan fingerprint density at radius 3 is 1.75 bits per heavy atom. The number of ether oxygens (including phenoxy) is 5. The second-order valence-corrected chi connectivity index (χ2v) is 5.37. The van der Waals surface area contributed by atoms with Gasteiger partial charge in [-0.3, -0.25) is 0 Å². The molecule has 0 atom stereocenters. The summed E-state index contributed by atoms with van der Waals surface area (Å²) in [6, 6.07) is 5.86. The van der Waals surface area contributed by atoms with Crippen LogP contribution in [0.25, 0.3) is 0 Å². The minimum Gasteiger partial charge on any atom is -0.487 e. The van der Waals surface area contributed by atoms with E-state index in [9.17, 15) is 0 Å². The molecule has 1 aromatic rings. The quantitative estimate of drug-likeness (QED) is 0.631. The summed E-state index contributed by atoms with van der Waals surface area (Å²) in [5.41, 5.74) is 0. The molecule has 1 heterocycles. The molecule has 1 aliphatic rings. The van der Waals surface area contributed by atoms with Crippen molar-refractivity contribution in [3.8, 4) is 11.5 Å². The van der Waals surface area contributed by atoms with Gasteiger partial charge in [0, 0.05) is 3.57 Å². The lowest BCUT2D eigenvalue weighted by molar-refractivity contribution is 0.00708. The molecule has 0 aliphatic carbocycles. The lowest BCUT2D eigenvalue weighted by Gasteiger charge is -2.13. The molecule has 20 heavy (non-hydrogen) atoms. The minimum atomic E-state index is 0.493. The lowest BCUT2D eigenvalue weighted by atomic mass is 10.3. The van der Waals surface area contributed by atoms with Crippen LogP contribution in [0.1, 0.15) is 0 Å². The Morgan fingerprint density at radius 2 is 1.15 bits per heavy atom. The summed E-state index contributed by atoms with van der Waals surface area (Å²) in [5, 5.41) is 0. The van der Waals surface area contributed by atoms with Gasteiger partial charge in [-0.15, -0.1) is 0 Å². The second-order valence-electron chi connectivity index (χ2n) is 4.13. The van der Waals surface area contributed by atoms with Crippen molar-refractivity contribution in [3.05, 3.63) is 21.8 Å². The van der Waals surface area contributed by atoms with Crippen LogP contribution in [0.2, 0.25) is 0 Å². The molecule has 0 unspecified atom stereocenters. The van der Waals surface area contributed by atoms with E-state index in [1.54, 1.807) is 0 Å². The zero-order chi connectivity index (χ0) is 14.0. The maximum absolute atomic E-state index is 5.71. The van der Waals surface area contributed by atoms with Gasteiger partial charge in [-0.05, 0) is 40.8 Å². The van der Waals surface area contributed by atoms with Crippen LogP contribution in [0, 0.1) is 3.57 Å². The number of hydrogen-bond acceptors (Lipinski definition) is 5. The second kappa shape index (κ2) is 9.38. The zero-order valence-electron chi connectivity index (χ0n) is 11.3. The summed E-state index contributed by atoms with van der Waals surface area (Å²) < 4.78 is 28.7. The van der Waals surface area contributed by atoms with Crippen LogP contribution < -0.4 is 9.47 Å². The Labute approximate surface area is 132 Å². The van der Waals surface area contributed by atoms with Gasteiger partial charge in [0.15, 0.2) is 11.5 Å². The summed E-state index contributed by atoms with van der Waals surface area (Å²) in [5.74, 6) is 1.48. The number of hydrogen-bond donors (Lipinski definition) is 0. The predicted molar refractivity (Wildman–Crippen MR) is 82.6 cm³/mol. The number of benzene rings is 1. The van der Waals surface area contributed by atoms with Gasteiger partial charge in [-0.25, -0.2) is 0 Å². The molecule has 0 amide bonds. The third kappa shape index (κ3) is 5.82. The largest absolute Gasteiger partial charge is 0.487 e. The smallest absolute Gasteiger partial charge is 0.162 e. The van der Waals surface area contributed by atoms with Crippen molar-refractivity contribution in [1.82, 2.24) is 0 Å². The highest BCUT2D eigenvalue weighted by Gasteiger charge is 2.06. The van der Waals surface area contributed by atoms with Crippen LogP contribution >= 0.6 is 22.6 Å². The summed E-state index contributed by atoms with van der Waals surface area (Å²) in [4.78, 5) is 0. The lowest BCUT2D eigenvalue weighted by Crippen LogP contribution is -2.13. The van der Waals surface area contributed by atoms with E-state index in [-0.39, 0.29) is 0 Å². The highest BCUT2D eigenvalue weighted by molar-refractivity contribution is 14.1. The van der Waals surface area contributed by atoms with Crippen molar-refractivity contribution >= 4 is 22.6 Å². The molecular weight excluding hydrogens is 375 g/mol. The summed E-state index contributed by atoms with van der Waals surface area (Å²) in [7, 11) is 0. The minimum absolute atomic E-state index is 0.493. The molecule has 112 valence electrons. The summed E-state index contributed by atoms with van der Waals surface area (Å²) >= 11 is 2.25. The third-order valence-electron chi connectivity index (χ3n) is 2.62. The normalized spacial score (nSPS) is 18.9. The first-order valence-corrected chi connectivity index (χ1v) is 7.72. The monoisotopic (exact) mass is 394 g/mol. The van der Waals surface area contributed by atoms with E-state index in [2.05, 4.69) is 22.6 Å². The highest BCUT2D eigenvalue weighted by Crippen LogP contribution is 2.29. The van der Waals surface area contributed by atoms with Crippen LogP contribution in [0.4, 0.5) is 0 Å². The molecule has 0 spiro atoms. The predicted octanol–water partition coefficient (Wildman–Crippen LogP) is 2.11. The van der Waals surface area contributed by atoms with Crippen LogP contribution in [-0.4, -0.2) is 52.9 Å². The van der Waals surface area contributed by atoms with Gasteiger partial charge in [0.1, 0.15) is 13.2 Å². The third-order valence-corrected chi connectivity index (χ3v) is 3.29. The van der Waals surface area contributed by atoms with Crippen LogP contribution in [-0.2, 0) is 14.2 Å². The van der Waals surface area contributed by atoms with Crippen molar-refractivity contribution in [2.75, 3.05) is 52.9 Å². The number of halogens is 1. The average molecular weight is 394 g/mol. The summed E-state index contributed by atoms with van der Waals surface area (Å²) in [6.45, 7) is 4.35. The van der Waals surface area contributed by atoms with Crippen LogP contribution in [0.3, 0.4) is 0 Å². The Balaban J connectivity index is 1.93.